The van der Waals surface area contributed by atoms with Gasteiger partial charge in [-0.25, -0.2) is 4.39 Å². The van der Waals surface area contributed by atoms with Crippen molar-refractivity contribution in [2.75, 3.05) is 7.05 Å². The summed E-state index contributed by atoms with van der Waals surface area (Å²) in [5.74, 6) is 1.18. The fraction of sp³-hybridized carbons (Fsp3) is 0.357. The zero-order valence-electron chi connectivity index (χ0n) is 11.6. The molecule has 1 saturated carbocycles. The van der Waals surface area contributed by atoms with Crippen LogP contribution >= 0.6 is 0 Å². The number of guanidine groups is 1. The summed E-state index contributed by atoms with van der Waals surface area (Å²) in [7, 11) is 1.71. The number of hydrogen-bond donors (Lipinski definition) is 2. The summed E-state index contributed by atoms with van der Waals surface area (Å²) in [6.45, 7) is 0.370. The minimum Gasteiger partial charge on any atom is -0.354 e. The van der Waals surface area contributed by atoms with Gasteiger partial charge < -0.3 is 15.2 Å². The van der Waals surface area contributed by atoms with E-state index in [4.69, 9.17) is 4.52 Å². The summed E-state index contributed by atoms with van der Waals surface area (Å²) in [5, 5.41) is 10.2. The van der Waals surface area contributed by atoms with Crippen molar-refractivity contribution in [2.24, 2.45) is 4.99 Å². The highest BCUT2D eigenvalue weighted by molar-refractivity contribution is 5.80. The maximum atomic E-state index is 13.2. The normalized spacial score (nSPS) is 15.0. The Balaban J connectivity index is 1.62. The molecule has 0 saturated heterocycles. The van der Waals surface area contributed by atoms with E-state index in [1.807, 2.05) is 0 Å². The van der Waals surface area contributed by atoms with E-state index in [0.29, 0.717) is 35.8 Å². The highest BCUT2D eigenvalue weighted by Gasteiger charge is 2.22. The molecule has 3 rings (SSSR count). The van der Waals surface area contributed by atoms with Crippen molar-refractivity contribution < 1.29 is 8.91 Å². The Morgan fingerprint density at radius 1 is 1.48 bits per heavy atom. The third kappa shape index (κ3) is 3.56. The lowest BCUT2D eigenvalue weighted by Gasteiger charge is -2.08. The molecule has 0 radical (unpaired) electrons. The van der Waals surface area contributed by atoms with Crippen LogP contribution in [0.4, 0.5) is 4.39 Å². The lowest BCUT2D eigenvalue weighted by molar-refractivity contribution is 0.375. The maximum Gasteiger partial charge on any atom is 0.246 e. The van der Waals surface area contributed by atoms with Gasteiger partial charge in [-0.3, -0.25) is 4.99 Å². The molecular weight excluding hydrogens is 273 g/mol. The van der Waals surface area contributed by atoms with E-state index >= 15 is 0 Å². The van der Waals surface area contributed by atoms with Crippen LogP contribution in [-0.4, -0.2) is 29.2 Å². The molecule has 0 bridgehead atoms. The lowest BCUT2D eigenvalue weighted by atomic mass is 10.2. The molecule has 110 valence electrons. The number of halogens is 1. The second-order valence-electron chi connectivity index (χ2n) is 4.87. The molecule has 0 atom stereocenters. The van der Waals surface area contributed by atoms with Crippen LogP contribution in [0.25, 0.3) is 11.4 Å². The van der Waals surface area contributed by atoms with E-state index in [-0.39, 0.29) is 5.82 Å². The maximum absolute atomic E-state index is 13.2. The molecule has 0 amide bonds. The van der Waals surface area contributed by atoms with Crippen LogP contribution in [-0.2, 0) is 6.54 Å². The van der Waals surface area contributed by atoms with E-state index in [2.05, 4.69) is 25.8 Å². The van der Waals surface area contributed by atoms with Crippen LogP contribution in [0.2, 0.25) is 0 Å². The number of aliphatic imine (C=N–C) groups is 1. The molecular formula is C14H16FN5O. The van der Waals surface area contributed by atoms with Gasteiger partial charge in [-0.1, -0.05) is 17.3 Å². The van der Waals surface area contributed by atoms with Crippen LogP contribution in [0.5, 0.6) is 0 Å². The third-order valence-corrected chi connectivity index (χ3v) is 3.10. The van der Waals surface area contributed by atoms with Gasteiger partial charge in [0.15, 0.2) is 5.96 Å². The van der Waals surface area contributed by atoms with Crippen molar-refractivity contribution in [3.63, 3.8) is 0 Å². The molecule has 1 aromatic carbocycles. The van der Waals surface area contributed by atoms with E-state index in [0.717, 1.165) is 0 Å². The van der Waals surface area contributed by atoms with E-state index in [9.17, 15) is 4.39 Å². The SMILES string of the molecule is CN=C(NCc1nc(-c2cccc(F)c2)no1)NC1CC1. The summed E-state index contributed by atoms with van der Waals surface area (Å²) in [4.78, 5) is 8.35. The number of rotatable bonds is 4. The first-order chi connectivity index (χ1) is 10.2. The molecule has 21 heavy (non-hydrogen) atoms. The first kappa shape index (κ1) is 13.5. The number of benzene rings is 1. The van der Waals surface area contributed by atoms with Gasteiger partial charge in [-0.05, 0) is 25.0 Å². The number of nitrogens with zero attached hydrogens (tertiary/aromatic N) is 3. The topological polar surface area (TPSA) is 75.3 Å². The predicted molar refractivity (Wildman–Crippen MR) is 76.0 cm³/mol. The van der Waals surface area contributed by atoms with Crippen molar-refractivity contribution >= 4 is 5.96 Å². The summed E-state index contributed by atoms with van der Waals surface area (Å²) in [5.41, 5.74) is 0.588. The van der Waals surface area contributed by atoms with Gasteiger partial charge in [0.1, 0.15) is 5.82 Å². The van der Waals surface area contributed by atoms with Crippen molar-refractivity contribution in [1.29, 1.82) is 0 Å². The average Bonchev–Trinajstić information content (AvgIpc) is 3.18. The zero-order valence-corrected chi connectivity index (χ0v) is 11.6. The molecule has 6 nitrogen and oxygen atoms in total. The number of nitrogens with one attached hydrogen (secondary N) is 2. The molecule has 1 aromatic heterocycles. The molecule has 2 N–H and O–H groups in total. The largest absolute Gasteiger partial charge is 0.354 e. The molecule has 7 heteroatoms. The molecule has 0 aliphatic heterocycles. The number of aromatic nitrogens is 2. The van der Waals surface area contributed by atoms with E-state index in [1.54, 1.807) is 19.2 Å². The second kappa shape index (κ2) is 5.90. The standard InChI is InChI=1S/C14H16FN5O/c1-16-14(18-11-5-6-11)17-8-12-19-13(20-21-12)9-3-2-4-10(15)7-9/h2-4,7,11H,5-6,8H2,1H3,(H2,16,17,18). The molecule has 1 heterocycles. The van der Waals surface area contributed by atoms with Crippen molar-refractivity contribution in [1.82, 2.24) is 20.8 Å². The first-order valence-corrected chi connectivity index (χ1v) is 6.80. The molecule has 1 aliphatic carbocycles. The Kier molecular flexibility index (Phi) is 3.81. The summed E-state index contributed by atoms with van der Waals surface area (Å²) in [6, 6.07) is 6.61. The lowest BCUT2D eigenvalue weighted by Crippen LogP contribution is -2.38. The van der Waals surface area contributed by atoms with Crippen molar-refractivity contribution in [2.45, 2.75) is 25.4 Å². The summed E-state index contributed by atoms with van der Waals surface area (Å²) >= 11 is 0. The molecule has 2 aromatic rings. The van der Waals surface area contributed by atoms with Gasteiger partial charge >= 0.3 is 0 Å². The Morgan fingerprint density at radius 2 is 2.33 bits per heavy atom. The van der Waals surface area contributed by atoms with Crippen molar-refractivity contribution in [3.8, 4) is 11.4 Å². The first-order valence-electron chi connectivity index (χ1n) is 6.80. The van der Waals surface area contributed by atoms with Crippen LogP contribution in [0.3, 0.4) is 0 Å². The fourth-order valence-corrected chi connectivity index (χ4v) is 1.85. The Labute approximate surface area is 121 Å². The summed E-state index contributed by atoms with van der Waals surface area (Å²) in [6.07, 6.45) is 2.34. The van der Waals surface area contributed by atoms with Gasteiger partial charge in [0.25, 0.3) is 0 Å². The highest BCUT2D eigenvalue weighted by Crippen LogP contribution is 2.18. The molecule has 1 aliphatic rings. The summed E-state index contributed by atoms with van der Waals surface area (Å²) < 4.78 is 18.3. The van der Waals surface area contributed by atoms with Gasteiger partial charge in [0.2, 0.25) is 11.7 Å². The average molecular weight is 289 g/mol. The van der Waals surface area contributed by atoms with Gasteiger partial charge in [-0.2, -0.15) is 4.98 Å². The Morgan fingerprint density at radius 3 is 3.05 bits per heavy atom. The molecule has 0 unspecified atom stereocenters. The van der Waals surface area contributed by atoms with Gasteiger partial charge in [-0.15, -0.1) is 0 Å². The Bertz CT molecular complexity index is 650. The fourth-order valence-electron chi connectivity index (χ4n) is 1.85. The number of hydrogen-bond acceptors (Lipinski definition) is 4. The van der Waals surface area contributed by atoms with Crippen LogP contribution in [0.15, 0.2) is 33.8 Å². The van der Waals surface area contributed by atoms with Crippen LogP contribution in [0, 0.1) is 5.82 Å². The second-order valence-corrected chi connectivity index (χ2v) is 4.87. The minimum absolute atomic E-state index is 0.328. The van der Waals surface area contributed by atoms with Gasteiger partial charge in [0, 0.05) is 18.7 Å². The van der Waals surface area contributed by atoms with E-state index < -0.39 is 0 Å². The van der Waals surface area contributed by atoms with Crippen molar-refractivity contribution in [3.05, 3.63) is 36.0 Å². The van der Waals surface area contributed by atoms with Crippen LogP contribution < -0.4 is 10.6 Å². The minimum atomic E-state index is -0.328. The highest BCUT2D eigenvalue weighted by atomic mass is 19.1. The zero-order chi connectivity index (χ0) is 14.7. The quantitative estimate of drug-likeness (QED) is 0.662. The predicted octanol–water partition coefficient (Wildman–Crippen LogP) is 1.70. The monoisotopic (exact) mass is 289 g/mol. The smallest absolute Gasteiger partial charge is 0.246 e. The Hall–Kier alpha value is -2.44. The van der Waals surface area contributed by atoms with Gasteiger partial charge in [0.05, 0.1) is 6.54 Å². The molecule has 0 spiro atoms. The third-order valence-electron chi connectivity index (χ3n) is 3.10. The van der Waals surface area contributed by atoms with E-state index in [1.165, 1.54) is 25.0 Å². The molecule has 1 fully saturated rings. The van der Waals surface area contributed by atoms with Crippen LogP contribution in [0.1, 0.15) is 18.7 Å².